The van der Waals surface area contributed by atoms with Gasteiger partial charge in [0.05, 0.1) is 7.11 Å². The summed E-state index contributed by atoms with van der Waals surface area (Å²) in [6.45, 7) is 1.95. The molecule has 2 rings (SSSR count). The van der Waals surface area contributed by atoms with E-state index in [2.05, 4.69) is 21.2 Å². The third kappa shape index (κ3) is 2.44. The van der Waals surface area contributed by atoms with Gasteiger partial charge in [-0.25, -0.2) is 0 Å². The normalized spacial score (nSPS) is 20.3. The molecule has 4 heteroatoms. The van der Waals surface area contributed by atoms with Crippen molar-refractivity contribution in [2.24, 2.45) is 0 Å². The molecule has 1 aliphatic heterocycles. The number of ether oxygens (including phenoxy) is 2. The molecular weight excluding hydrogens is 258 g/mol. The van der Waals surface area contributed by atoms with E-state index in [1.807, 2.05) is 18.2 Å². The fourth-order valence-corrected chi connectivity index (χ4v) is 2.17. The highest BCUT2D eigenvalue weighted by atomic mass is 79.9. The number of halogens is 1. The molecule has 15 heavy (non-hydrogen) atoms. The Morgan fingerprint density at radius 1 is 1.40 bits per heavy atom. The quantitative estimate of drug-likeness (QED) is 0.915. The number of nitrogens with one attached hydrogen (secondary N) is 1. The van der Waals surface area contributed by atoms with Crippen LogP contribution in [0.2, 0.25) is 0 Å². The van der Waals surface area contributed by atoms with E-state index in [4.69, 9.17) is 9.47 Å². The second-order valence-corrected chi connectivity index (χ2v) is 4.30. The lowest BCUT2D eigenvalue weighted by Gasteiger charge is -2.15. The average molecular weight is 272 g/mol. The van der Waals surface area contributed by atoms with Gasteiger partial charge in [-0.2, -0.15) is 0 Å². The van der Waals surface area contributed by atoms with E-state index in [1.165, 1.54) is 0 Å². The Kier molecular flexibility index (Phi) is 3.49. The van der Waals surface area contributed by atoms with Crippen LogP contribution in [0.5, 0.6) is 11.5 Å². The summed E-state index contributed by atoms with van der Waals surface area (Å²) >= 11 is 3.48. The van der Waals surface area contributed by atoms with Crippen molar-refractivity contribution in [3.63, 3.8) is 0 Å². The third-order valence-electron chi connectivity index (χ3n) is 2.46. The van der Waals surface area contributed by atoms with Crippen LogP contribution in [0.15, 0.2) is 22.7 Å². The molecule has 0 amide bonds. The zero-order chi connectivity index (χ0) is 10.7. The number of hydrogen-bond acceptors (Lipinski definition) is 3. The standard InChI is InChI=1S/C11H14BrNO2/c1-14-9-3-2-4-10(11(9)12)15-8-5-6-13-7-8/h2-4,8,13H,5-7H2,1H3. The van der Waals surface area contributed by atoms with Crippen molar-refractivity contribution in [3.05, 3.63) is 22.7 Å². The van der Waals surface area contributed by atoms with Crippen LogP contribution in [0.4, 0.5) is 0 Å². The van der Waals surface area contributed by atoms with E-state index in [-0.39, 0.29) is 6.10 Å². The Bertz CT molecular complexity index is 337. The van der Waals surface area contributed by atoms with Crippen molar-refractivity contribution < 1.29 is 9.47 Å². The molecule has 1 aliphatic rings. The van der Waals surface area contributed by atoms with E-state index in [0.29, 0.717) is 0 Å². The fourth-order valence-electron chi connectivity index (χ4n) is 1.65. The maximum Gasteiger partial charge on any atom is 0.137 e. The Morgan fingerprint density at radius 3 is 2.87 bits per heavy atom. The Balaban J connectivity index is 2.13. The highest BCUT2D eigenvalue weighted by molar-refractivity contribution is 9.10. The van der Waals surface area contributed by atoms with Gasteiger partial charge in [-0.3, -0.25) is 0 Å². The molecule has 1 atom stereocenters. The summed E-state index contributed by atoms with van der Waals surface area (Å²) in [5.41, 5.74) is 0. The number of hydrogen-bond donors (Lipinski definition) is 1. The van der Waals surface area contributed by atoms with Crippen molar-refractivity contribution in [1.82, 2.24) is 5.32 Å². The van der Waals surface area contributed by atoms with E-state index < -0.39 is 0 Å². The smallest absolute Gasteiger partial charge is 0.137 e. The first-order chi connectivity index (χ1) is 7.31. The molecule has 1 aromatic carbocycles. The summed E-state index contributed by atoms with van der Waals surface area (Å²) in [5.74, 6) is 1.65. The molecule has 1 saturated heterocycles. The Hall–Kier alpha value is -0.740. The van der Waals surface area contributed by atoms with E-state index in [0.717, 1.165) is 35.5 Å². The summed E-state index contributed by atoms with van der Waals surface area (Å²) in [6.07, 6.45) is 1.33. The number of benzene rings is 1. The topological polar surface area (TPSA) is 30.5 Å². The van der Waals surface area contributed by atoms with Gasteiger partial charge < -0.3 is 14.8 Å². The van der Waals surface area contributed by atoms with Gasteiger partial charge >= 0.3 is 0 Å². The van der Waals surface area contributed by atoms with Crippen LogP contribution in [0.25, 0.3) is 0 Å². The van der Waals surface area contributed by atoms with Gasteiger partial charge in [-0.15, -0.1) is 0 Å². The molecule has 1 heterocycles. The molecule has 0 aliphatic carbocycles. The van der Waals surface area contributed by atoms with Gasteiger partial charge in [0.1, 0.15) is 22.1 Å². The van der Waals surface area contributed by atoms with Gasteiger partial charge in [0, 0.05) is 6.54 Å². The average Bonchev–Trinajstić information content (AvgIpc) is 2.74. The first-order valence-corrected chi connectivity index (χ1v) is 5.80. The zero-order valence-electron chi connectivity index (χ0n) is 8.63. The molecule has 82 valence electrons. The van der Waals surface area contributed by atoms with Crippen molar-refractivity contribution >= 4 is 15.9 Å². The molecule has 1 fully saturated rings. The lowest BCUT2D eigenvalue weighted by atomic mass is 10.3. The highest BCUT2D eigenvalue weighted by Crippen LogP contribution is 2.34. The predicted octanol–water partition coefficient (Wildman–Crippen LogP) is 2.20. The second kappa shape index (κ2) is 4.86. The summed E-state index contributed by atoms with van der Waals surface area (Å²) < 4.78 is 12.0. The molecule has 0 radical (unpaired) electrons. The van der Waals surface area contributed by atoms with Crippen molar-refractivity contribution in [2.75, 3.05) is 20.2 Å². The molecule has 1 aromatic rings. The maximum absolute atomic E-state index is 5.86. The third-order valence-corrected chi connectivity index (χ3v) is 3.24. The lowest BCUT2D eigenvalue weighted by molar-refractivity contribution is 0.220. The van der Waals surface area contributed by atoms with Crippen LogP contribution >= 0.6 is 15.9 Å². The molecule has 1 N–H and O–H groups in total. The Labute approximate surface area is 97.9 Å². The van der Waals surface area contributed by atoms with Crippen LogP contribution < -0.4 is 14.8 Å². The summed E-state index contributed by atoms with van der Waals surface area (Å²) in [6, 6.07) is 5.79. The molecule has 3 nitrogen and oxygen atoms in total. The van der Waals surface area contributed by atoms with E-state index in [1.54, 1.807) is 7.11 Å². The number of methoxy groups -OCH3 is 1. The second-order valence-electron chi connectivity index (χ2n) is 3.51. The summed E-state index contributed by atoms with van der Waals surface area (Å²) in [7, 11) is 1.65. The largest absolute Gasteiger partial charge is 0.495 e. The molecule has 0 saturated carbocycles. The predicted molar refractivity (Wildman–Crippen MR) is 62.6 cm³/mol. The van der Waals surface area contributed by atoms with Crippen LogP contribution in [-0.4, -0.2) is 26.3 Å². The summed E-state index contributed by atoms with van der Waals surface area (Å²) in [4.78, 5) is 0. The fraction of sp³-hybridized carbons (Fsp3) is 0.455. The minimum Gasteiger partial charge on any atom is -0.495 e. The molecule has 0 bridgehead atoms. The van der Waals surface area contributed by atoms with Gasteiger partial charge in [0.15, 0.2) is 0 Å². The molecular formula is C11H14BrNO2. The monoisotopic (exact) mass is 271 g/mol. The van der Waals surface area contributed by atoms with E-state index >= 15 is 0 Å². The summed E-state index contributed by atoms with van der Waals surface area (Å²) in [5, 5.41) is 3.27. The number of rotatable bonds is 3. The van der Waals surface area contributed by atoms with Crippen LogP contribution in [0.1, 0.15) is 6.42 Å². The SMILES string of the molecule is COc1cccc(OC2CCNC2)c1Br. The molecule has 0 aromatic heterocycles. The van der Waals surface area contributed by atoms with Gasteiger partial charge in [-0.05, 0) is 41.0 Å². The van der Waals surface area contributed by atoms with Gasteiger partial charge in [0.25, 0.3) is 0 Å². The van der Waals surface area contributed by atoms with Crippen LogP contribution in [-0.2, 0) is 0 Å². The first-order valence-electron chi connectivity index (χ1n) is 5.01. The Morgan fingerprint density at radius 2 is 2.20 bits per heavy atom. The van der Waals surface area contributed by atoms with Crippen molar-refractivity contribution in [3.8, 4) is 11.5 Å². The van der Waals surface area contributed by atoms with Gasteiger partial charge in [0.2, 0.25) is 0 Å². The highest BCUT2D eigenvalue weighted by Gasteiger charge is 2.17. The van der Waals surface area contributed by atoms with Crippen LogP contribution in [0.3, 0.4) is 0 Å². The molecule has 1 unspecified atom stereocenters. The van der Waals surface area contributed by atoms with Crippen molar-refractivity contribution in [1.29, 1.82) is 0 Å². The van der Waals surface area contributed by atoms with Gasteiger partial charge in [-0.1, -0.05) is 6.07 Å². The minimum absolute atomic E-state index is 0.272. The van der Waals surface area contributed by atoms with Crippen molar-refractivity contribution in [2.45, 2.75) is 12.5 Å². The molecule has 0 spiro atoms. The van der Waals surface area contributed by atoms with E-state index in [9.17, 15) is 0 Å². The maximum atomic E-state index is 5.86. The first kappa shape index (κ1) is 10.8. The van der Waals surface area contributed by atoms with Crippen LogP contribution in [0, 0.1) is 0 Å². The lowest BCUT2D eigenvalue weighted by Crippen LogP contribution is -2.19. The minimum atomic E-state index is 0.272. The zero-order valence-corrected chi connectivity index (χ0v) is 10.2.